The van der Waals surface area contributed by atoms with Gasteiger partial charge in [-0.1, -0.05) is 5.56 Å². The Labute approximate surface area is 129 Å². The molecular weight excluding hydrogens is 296 g/mol. The summed E-state index contributed by atoms with van der Waals surface area (Å²) in [5.41, 5.74) is 0.723. The number of ketones is 1. The zero-order valence-electron chi connectivity index (χ0n) is 11.1. The first-order valence-electron chi connectivity index (χ1n) is 6.33. The molecule has 2 aromatic carbocycles. The second kappa shape index (κ2) is 11.2. The van der Waals surface area contributed by atoms with Crippen molar-refractivity contribution in [1.82, 2.24) is 0 Å². The summed E-state index contributed by atoms with van der Waals surface area (Å²) in [6, 6.07) is 17.2. The molecule has 0 atom stereocenters. The average Bonchev–Trinajstić information content (AvgIpc) is 3.07. The van der Waals surface area contributed by atoms with E-state index in [1.165, 1.54) is 0 Å². The molecule has 4 heteroatoms. The quantitative estimate of drug-likeness (QED) is 0.383. The number of Topliss-reactive ketones (excluding diaryl/α,β-unsaturated/α-hetero) is 1. The van der Waals surface area contributed by atoms with Crippen LogP contribution >= 0.6 is 0 Å². The second-order valence-electron chi connectivity index (χ2n) is 4.16. The molecular formula is C16H18FeO3-6. The number of hydrogen-bond acceptors (Lipinski definition) is 2. The number of rotatable bonds is 6. The summed E-state index contributed by atoms with van der Waals surface area (Å²) in [7, 11) is 0. The second-order valence-corrected chi connectivity index (χ2v) is 4.16. The van der Waals surface area contributed by atoms with Crippen LogP contribution in [0.15, 0.2) is 54.6 Å². The van der Waals surface area contributed by atoms with Gasteiger partial charge in [-0.25, -0.2) is 12.1 Å². The van der Waals surface area contributed by atoms with Crippen LogP contribution in [0.4, 0.5) is 0 Å². The van der Waals surface area contributed by atoms with E-state index < -0.39 is 5.97 Å². The van der Waals surface area contributed by atoms with Crippen molar-refractivity contribution < 1.29 is 31.8 Å². The van der Waals surface area contributed by atoms with Crippen LogP contribution in [0, 0.1) is 0 Å². The predicted octanol–water partition coefficient (Wildman–Crippen LogP) is 3.64. The maximum atomic E-state index is 11.4. The fourth-order valence-corrected chi connectivity index (χ4v) is 1.59. The Balaban J connectivity index is 0.000000507. The van der Waals surface area contributed by atoms with E-state index in [9.17, 15) is 9.59 Å². The molecule has 0 spiro atoms. The van der Waals surface area contributed by atoms with E-state index in [0.717, 1.165) is 5.56 Å². The Kier molecular flexibility index (Phi) is 10.3. The molecule has 0 aliphatic carbocycles. The van der Waals surface area contributed by atoms with Gasteiger partial charge < -0.3 is 40.2 Å². The van der Waals surface area contributed by atoms with Crippen LogP contribution < -0.4 is 0 Å². The smallest absolute Gasteiger partial charge is 0.303 e. The standard InChI is InChI=1S/C11H13O3.C5H5.Fe/c12-10(9-5-1-2-6-9)7-3-4-8-11(13)14;1-2-4-5-3-1;/h1-2,5-6H,3-4,7-8H2,(H,13,14);1-5H;/q-1;-5;. The third-order valence-corrected chi connectivity index (χ3v) is 2.58. The zero-order chi connectivity index (χ0) is 13.9. The summed E-state index contributed by atoms with van der Waals surface area (Å²) in [6.07, 6.45) is 1.81. The zero-order valence-corrected chi connectivity index (χ0v) is 12.2. The molecule has 0 aliphatic rings. The van der Waals surface area contributed by atoms with Gasteiger partial charge in [0.1, 0.15) is 5.78 Å². The molecule has 2 rings (SSSR count). The third-order valence-electron chi connectivity index (χ3n) is 2.58. The largest absolute Gasteiger partial charge is 0.748 e. The fraction of sp³-hybridized carbons (Fsp3) is 0.250. The Bertz CT molecular complexity index is 441. The average molecular weight is 314 g/mol. The van der Waals surface area contributed by atoms with Gasteiger partial charge in [0.25, 0.3) is 0 Å². The predicted molar refractivity (Wildman–Crippen MR) is 74.5 cm³/mol. The maximum Gasteiger partial charge on any atom is 0.303 e. The molecule has 0 amide bonds. The van der Waals surface area contributed by atoms with E-state index in [1.54, 1.807) is 12.1 Å². The van der Waals surface area contributed by atoms with Crippen molar-refractivity contribution in [3.05, 3.63) is 60.2 Å². The van der Waals surface area contributed by atoms with Crippen LogP contribution in [-0.2, 0) is 21.9 Å². The molecule has 0 bridgehead atoms. The first kappa shape index (κ1) is 18.4. The molecule has 0 fully saturated rings. The van der Waals surface area contributed by atoms with Crippen molar-refractivity contribution in [2.75, 3.05) is 0 Å². The fourth-order valence-electron chi connectivity index (χ4n) is 1.59. The van der Waals surface area contributed by atoms with Crippen molar-refractivity contribution in [1.29, 1.82) is 0 Å². The van der Waals surface area contributed by atoms with E-state index in [4.69, 9.17) is 5.11 Å². The molecule has 2 aromatic rings. The van der Waals surface area contributed by atoms with Crippen molar-refractivity contribution in [2.24, 2.45) is 0 Å². The van der Waals surface area contributed by atoms with Gasteiger partial charge in [0.05, 0.1) is 0 Å². The third kappa shape index (κ3) is 8.46. The van der Waals surface area contributed by atoms with Gasteiger partial charge in [-0.3, -0.25) is 4.79 Å². The van der Waals surface area contributed by atoms with Crippen molar-refractivity contribution >= 4 is 11.8 Å². The van der Waals surface area contributed by atoms with Gasteiger partial charge in [0, 0.05) is 23.5 Å². The molecule has 0 radical (unpaired) electrons. The summed E-state index contributed by atoms with van der Waals surface area (Å²) in [4.78, 5) is 21.6. The van der Waals surface area contributed by atoms with Crippen LogP contribution in [0.25, 0.3) is 0 Å². The minimum atomic E-state index is -0.800. The van der Waals surface area contributed by atoms with E-state index in [0.29, 0.717) is 19.3 Å². The number of hydrogen-bond donors (Lipinski definition) is 1. The number of carbonyl (C=O) groups excluding carboxylic acids is 1. The van der Waals surface area contributed by atoms with Crippen molar-refractivity contribution in [3.63, 3.8) is 0 Å². The summed E-state index contributed by atoms with van der Waals surface area (Å²) < 4.78 is 0. The molecule has 114 valence electrons. The monoisotopic (exact) mass is 314 g/mol. The SMILES string of the molecule is O=C(O)CCCCC(=O)[c-]1cccc1.[Fe].[cH-]1[cH-][cH-][cH-][cH-]1. The molecule has 1 N–H and O–H groups in total. The Hall–Kier alpha value is -1.64. The summed E-state index contributed by atoms with van der Waals surface area (Å²) in [5, 5.41) is 8.38. The normalized spacial score (nSPS) is 9.00. The number of carbonyl (C=O) groups is 2. The first-order chi connectivity index (χ1) is 9.20. The summed E-state index contributed by atoms with van der Waals surface area (Å²) in [5.74, 6) is -0.703. The van der Waals surface area contributed by atoms with Gasteiger partial charge in [-0.2, -0.15) is 12.1 Å². The first-order valence-corrected chi connectivity index (χ1v) is 6.33. The van der Waals surface area contributed by atoms with Crippen LogP contribution in [0.1, 0.15) is 36.0 Å². The van der Waals surface area contributed by atoms with Gasteiger partial charge >= 0.3 is 5.97 Å². The topological polar surface area (TPSA) is 54.4 Å². The summed E-state index contributed by atoms with van der Waals surface area (Å²) >= 11 is 0. The van der Waals surface area contributed by atoms with Crippen LogP contribution in [0.5, 0.6) is 0 Å². The van der Waals surface area contributed by atoms with E-state index in [1.807, 2.05) is 42.5 Å². The Morgan fingerprint density at radius 1 is 0.900 bits per heavy atom. The van der Waals surface area contributed by atoms with Crippen LogP contribution in [-0.4, -0.2) is 16.9 Å². The molecule has 0 saturated heterocycles. The van der Waals surface area contributed by atoms with E-state index in [-0.39, 0.29) is 29.3 Å². The van der Waals surface area contributed by atoms with Gasteiger partial charge in [-0.15, -0.1) is 0 Å². The Morgan fingerprint density at radius 3 is 1.80 bits per heavy atom. The molecule has 20 heavy (non-hydrogen) atoms. The summed E-state index contributed by atoms with van der Waals surface area (Å²) in [6.45, 7) is 0. The molecule has 0 aromatic heterocycles. The van der Waals surface area contributed by atoms with Crippen molar-refractivity contribution in [3.8, 4) is 0 Å². The number of carboxylic acid groups (broad SMARTS) is 1. The molecule has 0 heterocycles. The van der Waals surface area contributed by atoms with Gasteiger partial charge in [0.15, 0.2) is 0 Å². The van der Waals surface area contributed by atoms with Crippen LogP contribution in [0.2, 0.25) is 0 Å². The molecule has 0 saturated carbocycles. The molecule has 0 aliphatic heterocycles. The van der Waals surface area contributed by atoms with Gasteiger partial charge in [0.2, 0.25) is 0 Å². The van der Waals surface area contributed by atoms with E-state index >= 15 is 0 Å². The minimum Gasteiger partial charge on any atom is -0.748 e. The van der Waals surface area contributed by atoms with Crippen molar-refractivity contribution in [2.45, 2.75) is 25.7 Å². The van der Waals surface area contributed by atoms with Crippen LogP contribution in [0.3, 0.4) is 0 Å². The number of carboxylic acids is 1. The maximum absolute atomic E-state index is 11.4. The number of aliphatic carboxylic acids is 1. The molecule has 0 unspecified atom stereocenters. The Morgan fingerprint density at radius 2 is 1.35 bits per heavy atom. The minimum absolute atomic E-state index is 0. The molecule has 3 nitrogen and oxygen atoms in total. The van der Waals surface area contributed by atoms with Gasteiger partial charge in [-0.05, 0) is 19.3 Å². The number of unbranched alkanes of at least 4 members (excludes halogenated alkanes) is 1. The van der Waals surface area contributed by atoms with E-state index in [2.05, 4.69) is 0 Å².